The van der Waals surface area contributed by atoms with Gasteiger partial charge >= 0.3 is 0 Å². The summed E-state index contributed by atoms with van der Waals surface area (Å²) in [6, 6.07) is 19.8. The number of hydrogen-bond donors (Lipinski definition) is 1. The minimum Gasteiger partial charge on any atom is -0.484 e. The van der Waals surface area contributed by atoms with E-state index in [-0.39, 0.29) is 24.6 Å². The molecule has 3 rings (SSSR count). The molecule has 3 aromatic carbocycles. The van der Waals surface area contributed by atoms with Gasteiger partial charge in [-0.15, -0.1) is 0 Å². The number of amides is 1. The van der Waals surface area contributed by atoms with E-state index in [0.717, 1.165) is 28.2 Å². The Balaban J connectivity index is 1.66. The summed E-state index contributed by atoms with van der Waals surface area (Å²) in [5.41, 5.74) is 2.41. The van der Waals surface area contributed by atoms with Gasteiger partial charge < -0.3 is 10.1 Å². The van der Waals surface area contributed by atoms with Crippen LogP contribution in [0.1, 0.15) is 18.1 Å². The first-order chi connectivity index (χ1) is 15.3. The molecule has 0 bridgehead atoms. The maximum Gasteiger partial charge on any atom is 0.262 e. The normalized spacial score (nSPS) is 11.1. The van der Waals surface area contributed by atoms with Crippen LogP contribution in [0.15, 0.2) is 72.8 Å². The number of anilines is 2. The fourth-order valence-corrected chi connectivity index (χ4v) is 4.05. The molecule has 0 radical (unpaired) electrons. The number of aryl methyl sites for hydroxylation is 1. The third kappa shape index (κ3) is 6.07. The van der Waals surface area contributed by atoms with Crippen molar-refractivity contribution in [1.29, 1.82) is 0 Å². The Hall–Kier alpha value is -3.39. The molecule has 0 heterocycles. The van der Waals surface area contributed by atoms with E-state index >= 15 is 0 Å². The van der Waals surface area contributed by atoms with Crippen molar-refractivity contribution in [1.82, 2.24) is 0 Å². The summed E-state index contributed by atoms with van der Waals surface area (Å²) < 4.78 is 45.2. The first-order valence-electron chi connectivity index (χ1n) is 10.1. The lowest BCUT2D eigenvalue weighted by Gasteiger charge is -2.23. The number of hydrogen-bond acceptors (Lipinski definition) is 4. The summed E-state index contributed by atoms with van der Waals surface area (Å²) >= 11 is 0. The number of ether oxygens (including phenoxy) is 1. The molecule has 0 saturated heterocycles. The Morgan fingerprint density at radius 3 is 2.22 bits per heavy atom. The van der Waals surface area contributed by atoms with Crippen molar-refractivity contribution < 1.29 is 22.3 Å². The lowest BCUT2D eigenvalue weighted by atomic mass is 10.1. The maximum absolute atomic E-state index is 14.0. The zero-order valence-electron chi connectivity index (χ0n) is 17.9. The van der Waals surface area contributed by atoms with E-state index in [1.165, 1.54) is 6.07 Å². The number of halogens is 1. The summed E-state index contributed by atoms with van der Waals surface area (Å²) in [4.78, 5) is 12.2. The van der Waals surface area contributed by atoms with Crippen molar-refractivity contribution >= 4 is 27.3 Å². The van der Waals surface area contributed by atoms with Crippen LogP contribution in [0.4, 0.5) is 15.8 Å². The van der Waals surface area contributed by atoms with Crippen LogP contribution in [-0.2, 0) is 27.8 Å². The van der Waals surface area contributed by atoms with Crippen LogP contribution in [0.3, 0.4) is 0 Å². The largest absolute Gasteiger partial charge is 0.484 e. The molecule has 1 N–H and O–H groups in total. The number of benzene rings is 3. The van der Waals surface area contributed by atoms with E-state index in [4.69, 9.17) is 4.74 Å². The Labute approximate surface area is 187 Å². The van der Waals surface area contributed by atoms with E-state index in [1.54, 1.807) is 42.5 Å². The fourth-order valence-electron chi connectivity index (χ4n) is 3.18. The quantitative estimate of drug-likeness (QED) is 0.519. The predicted molar refractivity (Wildman–Crippen MR) is 124 cm³/mol. The average Bonchev–Trinajstić information content (AvgIpc) is 2.77. The van der Waals surface area contributed by atoms with Gasteiger partial charge in [0, 0.05) is 11.3 Å². The summed E-state index contributed by atoms with van der Waals surface area (Å²) in [5, 5.41) is 2.83. The fraction of sp³-hybridized carbons (Fsp3) is 0.208. The highest BCUT2D eigenvalue weighted by atomic mass is 32.2. The summed E-state index contributed by atoms with van der Waals surface area (Å²) in [7, 11) is -3.65. The minimum absolute atomic E-state index is 0.134. The van der Waals surface area contributed by atoms with E-state index in [0.29, 0.717) is 11.4 Å². The molecule has 0 aromatic heterocycles. The second-order valence-electron chi connectivity index (χ2n) is 7.20. The molecule has 6 nitrogen and oxygen atoms in total. The molecule has 0 fully saturated rings. The Kier molecular flexibility index (Phi) is 7.48. The number of para-hydroxylation sites is 1. The summed E-state index contributed by atoms with van der Waals surface area (Å²) in [5.74, 6) is -0.365. The summed E-state index contributed by atoms with van der Waals surface area (Å²) in [6.45, 7) is 1.68. The highest BCUT2D eigenvalue weighted by molar-refractivity contribution is 7.92. The van der Waals surface area contributed by atoms with Gasteiger partial charge in [-0.05, 0) is 48.4 Å². The lowest BCUT2D eigenvalue weighted by Crippen LogP contribution is -2.29. The van der Waals surface area contributed by atoms with Crippen LogP contribution in [0.2, 0.25) is 0 Å². The number of nitrogens with one attached hydrogen (secondary N) is 1. The molecule has 0 saturated carbocycles. The topological polar surface area (TPSA) is 75.7 Å². The first kappa shape index (κ1) is 23.3. The summed E-state index contributed by atoms with van der Waals surface area (Å²) in [6.07, 6.45) is 1.86. The highest BCUT2D eigenvalue weighted by Gasteiger charge is 2.19. The Morgan fingerprint density at radius 1 is 0.969 bits per heavy atom. The Morgan fingerprint density at radius 2 is 1.59 bits per heavy atom. The van der Waals surface area contributed by atoms with Crippen LogP contribution < -0.4 is 14.4 Å². The maximum atomic E-state index is 14.0. The SMILES string of the molecule is CCc1ccccc1NC(=O)COc1ccc(N(Cc2ccccc2F)S(C)(=O)=O)cc1. The Bertz CT molecular complexity index is 1180. The molecular formula is C24H25FN2O4S. The van der Waals surface area contributed by atoms with Gasteiger partial charge in [-0.2, -0.15) is 0 Å². The molecule has 32 heavy (non-hydrogen) atoms. The molecule has 0 aliphatic carbocycles. The molecule has 0 unspecified atom stereocenters. The van der Waals surface area contributed by atoms with Crippen LogP contribution in [0.5, 0.6) is 5.75 Å². The zero-order chi connectivity index (χ0) is 23.1. The van der Waals surface area contributed by atoms with Gasteiger partial charge in [-0.1, -0.05) is 43.3 Å². The molecule has 3 aromatic rings. The van der Waals surface area contributed by atoms with Crippen LogP contribution in [0, 0.1) is 5.82 Å². The first-order valence-corrected chi connectivity index (χ1v) is 11.9. The van der Waals surface area contributed by atoms with Crippen molar-refractivity contribution in [3.8, 4) is 5.75 Å². The van der Waals surface area contributed by atoms with Crippen molar-refractivity contribution in [2.24, 2.45) is 0 Å². The standard InChI is InChI=1S/C24H25FN2O4S/c1-3-18-8-5-7-11-23(18)26-24(28)17-31-21-14-12-20(13-15-21)27(32(2,29)30)16-19-9-4-6-10-22(19)25/h4-15H,3,16-17H2,1-2H3,(H,26,28). The second kappa shape index (κ2) is 10.3. The van der Waals surface area contributed by atoms with Gasteiger partial charge in [0.2, 0.25) is 10.0 Å². The monoisotopic (exact) mass is 456 g/mol. The number of carbonyl (C=O) groups is 1. The molecule has 8 heteroatoms. The van der Waals surface area contributed by atoms with Crippen molar-refractivity contribution in [3.05, 3.63) is 89.7 Å². The van der Waals surface area contributed by atoms with Gasteiger partial charge in [0.25, 0.3) is 5.91 Å². The minimum atomic E-state index is -3.65. The smallest absolute Gasteiger partial charge is 0.262 e. The van der Waals surface area contributed by atoms with E-state index < -0.39 is 15.8 Å². The van der Waals surface area contributed by atoms with Gasteiger partial charge in [0.05, 0.1) is 18.5 Å². The number of carbonyl (C=O) groups excluding carboxylic acids is 1. The van der Waals surface area contributed by atoms with Crippen LogP contribution in [0.25, 0.3) is 0 Å². The molecular weight excluding hydrogens is 431 g/mol. The number of rotatable bonds is 9. The zero-order valence-corrected chi connectivity index (χ0v) is 18.7. The molecule has 0 aliphatic rings. The van der Waals surface area contributed by atoms with Crippen LogP contribution in [-0.4, -0.2) is 27.2 Å². The molecule has 1 amide bonds. The van der Waals surface area contributed by atoms with Gasteiger partial charge in [0.15, 0.2) is 6.61 Å². The van der Waals surface area contributed by atoms with E-state index in [2.05, 4.69) is 5.32 Å². The van der Waals surface area contributed by atoms with Gasteiger partial charge in [-0.3, -0.25) is 9.10 Å². The molecule has 0 spiro atoms. The van der Waals surface area contributed by atoms with E-state index in [9.17, 15) is 17.6 Å². The van der Waals surface area contributed by atoms with Gasteiger partial charge in [-0.25, -0.2) is 12.8 Å². The third-order valence-electron chi connectivity index (χ3n) is 4.84. The average molecular weight is 457 g/mol. The van der Waals surface area contributed by atoms with E-state index in [1.807, 2.05) is 31.2 Å². The van der Waals surface area contributed by atoms with Crippen LogP contribution >= 0.6 is 0 Å². The van der Waals surface area contributed by atoms with Gasteiger partial charge in [0.1, 0.15) is 11.6 Å². The third-order valence-corrected chi connectivity index (χ3v) is 5.98. The molecule has 168 valence electrons. The number of nitrogens with zero attached hydrogens (tertiary/aromatic N) is 1. The number of sulfonamides is 1. The van der Waals surface area contributed by atoms with Crippen molar-refractivity contribution in [3.63, 3.8) is 0 Å². The van der Waals surface area contributed by atoms with Crippen molar-refractivity contribution in [2.45, 2.75) is 19.9 Å². The lowest BCUT2D eigenvalue weighted by molar-refractivity contribution is -0.118. The molecule has 0 aliphatic heterocycles. The molecule has 0 atom stereocenters. The van der Waals surface area contributed by atoms with Crippen molar-refractivity contribution in [2.75, 3.05) is 22.5 Å². The second-order valence-corrected chi connectivity index (χ2v) is 9.11. The predicted octanol–water partition coefficient (Wildman–Crippen LogP) is 4.37. The highest BCUT2D eigenvalue weighted by Crippen LogP contribution is 2.24.